The molecule has 0 aliphatic carbocycles. The van der Waals surface area contributed by atoms with Crippen molar-refractivity contribution >= 4 is 11.6 Å². The van der Waals surface area contributed by atoms with Crippen molar-refractivity contribution in [3.63, 3.8) is 0 Å². The van der Waals surface area contributed by atoms with E-state index in [4.69, 9.17) is 4.74 Å². The SMILES string of the molecule is CCCNc1ccc(C(=O)N(CC)CCOC)cc1. The van der Waals surface area contributed by atoms with Gasteiger partial charge in [-0.3, -0.25) is 4.79 Å². The van der Waals surface area contributed by atoms with Crippen LogP contribution in [0.5, 0.6) is 0 Å². The maximum absolute atomic E-state index is 12.3. The third-order valence-electron chi connectivity index (χ3n) is 2.95. The Morgan fingerprint density at radius 3 is 2.47 bits per heavy atom. The van der Waals surface area contributed by atoms with Gasteiger partial charge in [0.15, 0.2) is 0 Å². The van der Waals surface area contributed by atoms with Crippen LogP contribution in [-0.2, 0) is 4.74 Å². The Balaban J connectivity index is 2.65. The van der Waals surface area contributed by atoms with Crippen molar-refractivity contribution < 1.29 is 9.53 Å². The fourth-order valence-corrected chi connectivity index (χ4v) is 1.79. The van der Waals surface area contributed by atoms with Crippen molar-refractivity contribution in [2.24, 2.45) is 0 Å². The molecule has 0 heterocycles. The Hall–Kier alpha value is -1.55. The maximum atomic E-state index is 12.3. The molecule has 0 atom stereocenters. The zero-order chi connectivity index (χ0) is 14.1. The normalized spacial score (nSPS) is 10.3. The Morgan fingerprint density at radius 2 is 1.95 bits per heavy atom. The molecular weight excluding hydrogens is 240 g/mol. The molecule has 0 aliphatic rings. The minimum Gasteiger partial charge on any atom is -0.385 e. The standard InChI is InChI=1S/C15H24N2O2/c1-4-10-16-14-8-6-13(7-9-14)15(18)17(5-2)11-12-19-3/h6-9,16H,4-5,10-12H2,1-3H3. The first kappa shape index (κ1) is 15.5. The number of amides is 1. The van der Waals surface area contributed by atoms with Crippen LogP contribution >= 0.6 is 0 Å². The number of nitrogens with one attached hydrogen (secondary N) is 1. The van der Waals surface area contributed by atoms with E-state index in [9.17, 15) is 4.79 Å². The van der Waals surface area contributed by atoms with Gasteiger partial charge in [-0.2, -0.15) is 0 Å². The molecule has 0 aromatic heterocycles. The lowest BCUT2D eigenvalue weighted by Gasteiger charge is -2.20. The van der Waals surface area contributed by atoms with Gasteiger partial charge in [0.25, 0.3) is 5.91 Å². The number of carbonyl (C=O) groups is 1. The maximum Gasteiger partial charge on any atom is 0.253 e. The van der Waals surface area contributed by atoms with E-state index in [-0.39, 0.29) is 5.91 Å². The monoisotopic (exact) mass is 264 g/mol. The highest BCUT2D eigenvalue weighted by Crippen LogP contribution is 2.11. The molecule has 0 unspecified atom stereocenters. The highest BCUT2D eigenvalue weighted by atomic mass is 16.5. The molecule has 0 spiro atoms. The van der Waals surface area contributed by atoms with Crippen LogP contribution in [0.15, 0.2) is 24.3 Å². The molecule has 0 bridgehead atoms. The third kappa shape index (κ3) is 4.91. The molecule has 0 saturated carbocycles. The van der Waals surface area contributed by atoms with Crippen LogP contribution in [0.2, 0.25) is 0 Å². The molecule has 4 heteroatoms. The van der Waals surface area contributed by atoms with E-state index >= 15 is 0 Å². The van der Waals surface area contributed by atoms with Crippen molar-refractivity contribution in [1.29, 1.82) is 0 Å². The van der Waals surface area contributed by atoms with E-state index in [0.29, 0.717) is 19.7 Å². The van der Waals surface area contributed by atoms with E-state index in [0.717, 1.165) is 24.2 Å². The molecule has 1 rings (SSSR count). The summed E-state index contributed by atoms with van der Waals surface area (Å²) in [5, 5.41) is 3.29. The van der Waals surface area contributed by atoms with Crippen molar-refractivity contribution in [2.75, 3.05) is 38.7 Å². The molecule has 106 valence electrons. The van der Waals surface area contributed by atoms with Gasteiger partial charge in [-0.25, -0.2) is 0 Å². The summed E-state index contributed by atoms with van der Waals surface area (Å²) in [6.07, 6.45) is 1.08. The molecule has 0 radical (unpaired) electrons. The topological polar surface area (TPSA) is 41.6 Å². The molecule has 1 aromatic rings. The van der Waals surface area contributed by atoms with Crippen LogP contribution in [0.3, 0.4) is 0 Å². The summed E-state index contributed by atoms with van der Waals surface area (Å²) in [7, 11) is 1.65. The van der Waals surface area contributed by atoms with E-state index < -0.39 is 0 Å². The van der Waals surface area contributed by atoms with Crippen LogP contribution in [0.25, 0.3) is 0 Å². The van der Waals surface area contributed by atoms with E-state index in [2.05, 4.69) is 12.2 Å². The number of rotatable bonds is 8. The number of methoxy groups -OCH3 is 1. The summed E-state index contributed by atoms with van der Waals surface area (Å²) in [6, 6.07) is 7.64. The number of ether oxygens (including phenoxy) is 1. The van der Waals surface area contributed by atoms with E-state index in [1.54, 1.807) is 12.0 Å². The van der Waals surface area contributed by atoms with E-state index in [1.165, 1.54) is 0 Å². The number of anilines is 1. The average molecular weight is 264 g/mol. The van der Waals surface area contributed by atoms with Crippen LogP contribution in [0, 0.1) is 0 Å². The molecule has 1 amide bonds. The summed E-state index contributed by atoms with van der Waals surface area (Å²) in [4.78, 5) is 14.0. The summed E-state index contributed by atoms with van der Waals surface area (Å²) in [6.45, 7) is 6.93. The Kier molecular flexibility index (Phi) is 6.97. The fraction of sp³-hybridized carbons (Fsp3) is 0.533. The lowest BCUT2D eigenvalue weighted by Crippen LogP contribution is -2.33. The average Bonchev–Trinajstić information content (AvgIpc) is 2.46. The lowest BCUT2D eigenvalue weighted by molar-refractivity contribution is 0.0706. The molecule has 0 saturated heterocycles. The van der Waals surface area contributed by atoms with Crippen LogP contribution in [-0.4, -0.2) is 44.2 Å². The van der Waals surface area contributed by atoms with Crippen LogP contribution < -0.4 is 5.32 Å². The lowest BCUT2D eigenvalue weighted by atomic mass is 10.1. The zero-order valence-corrected chi connectivity index (χ0v) is 12.1. The number of likely N-dealkylation sites (N-methyl/N-ethyl adjacent to an activating group) is 1. The second-order valence-electron chi connectivity index (χ2n) is 4.38. The van der Waals surface area contributed by atoms with Crippen LogP contribution in [0.1, 0.15) is 30.6 Å². The predicted molar refractivity (Wildman–Crippen MR) is 78.7 cm³/mol. The van der Waals surface area contributed by atoms with Crippen molar-refractivity contribution in [2.45, 2.75) is 20.3 Å². The molecule has 1 aromatic carbocycles. The fourth-order valence-electron chi connectivity index (χ4n) is 1.79. The summed E-state index contributed by atoms with van der Waals surface area (Å²) in [5.74, 6) is 0.0570. The van der Waals surface area contributed by atoms with Gasteiger partial charge in [-0.15, -0.1) is 0 Å². The molecular formula is C15H24N2O2. The summed E-state index contributed by atoms with van der Waals surface area (Å²) >= 11 is 0. The van der Waals surface area contributed by atoms with Gasteiger partial charge in [-0.1, -0.05) is 6.92 Å². The third-order valence-corrected chi connectivity index (χ3v) is 2.95. The zero-order valence-electron chi connectivity index (χ0n) is 12.1. The largest absolute Gasteiger partial charge is 0.385 e. The quantitative estimate of drug-likeness (QED) is 0.784. The van der Waals surface area contributed by atoms with Gasteiger partial charge < -0.3 is 15.0 Å². The van der Waals surface area contributed by atoms with Gasteiger partial charge in [0, 0.05) is 38.0 Å². The van der Waals surface area contributed by atoms with E-state index in [1.807, 2.05) is 31.2 Å². The Labute approximate surface area is 115 Å². The van der Waals surface area contributed by atoms with Crippen molar-refractivity contribution in [1.82, 2.24) is 4.90 Å². The van der Waals surface area contributed by atoms with Gasteiger partial charge in [-0.05, 0) is 37.6 Å². The first-order chi connectivity index (χ1) is 9.22. The second-order valence-corrected chi connectivity index (χ2v) is 4.38. The first-order valence-electron chi connectivity index (χ1n) is 6.85. The number of benzene rings is 1. The second kappa shape index (κ2) is 8.53. The number of carbonyl (C=O) groups excluding carboxylic acids is 1. The summed E-state index contributed by atoms with van der Waals surface area (Å²) < 4.78 is 5.02. The number of hydrogen-bond donors (Lipinski definition) is 1. The highest BCUT2D eigenvalue weighted by molar-refractivity contribution is 5.94. The minimum atomic E-state index is 0.0570. The number of hydrogen-bond acceptors (Lipinski definition) is 3. The van der Waals surface area contributed by atoms with Gasteiger partial charge in [0.2, 0.25) is 0 Å². The van der Waals surface area contributed by atoms with Gasteiger partial charge in [0.05, 0.1) is 6.61 Å². The van der Waals surface area contributed by atoms with Gasteiger partial charge in [0.1, 0.15) is 0 Å². The Morgan fingerprint density at radius 1 is 1.26 bits per heavy atom. The predicted octanol–water partition coefficient (Wildman–Crippen LogP) is 2.62. The molecule has 19 heavy (non-hydrogen) atoms. The van der Waals surface area contributed by atoms with Crippen molar-refractivity contribution in [3.05, 3.63) is 29.8 Å². The van der Waals surface area contributed by atoms with Crippen LogP contribution in [0.4, 0.5) is 5.69 Å². The highest BCUT2D eigenvalue weighted by Gasteiger charge is 2.13. The minimum absolute atomic E-state index is 0.0570. The Bertz CT molecular complexity index is 376. The molecule has 0 fully saturated rings. The molecule has 0 aliphatic heterocycles. The summed E-state index contributed by atoms with van der Waals surface area (Å²) in [5.41, 5.74) is 1.78. The van der Waals surface area contributed by atoms with Gasteiger partial charge >= 0.3 is 0 Å². The van der Waals surface area contributed by atoms with Crippen molar-refractivity contribution in [3.8, 4) is 0 Å². The first-order valence-corrected chi connectivity index (χ1v) is 6.85. The molecule has 1 N–H and O–H groups in total. The smallest absolute Gasteiger partial charge is 0.253 e. The number of nitrogens with zero attached hydrogens (tertiary/aromatic N) is 1. The molecule has 4 nitrogen and oxygen atoms in total.